The SMILES string of the molecule is COC(C(=O)N(CC(C)C(=O)O)C1CC1)c1ccccc1. The van der Waals surface area contributed by atoms with Crippen LogP contribution in [0, 0.1) is 5.92 Å². The second-order valence-electron chi connectivity index (χ2n) is 5.49. The van der Waals surface area contributed by atoms with E-state index in [1.54, 1.807) is 11.8 Å². The van der Waals surface area contributed by atoms with Gasteiger partial charge in [0.05, 0.1) is 5.92 Å². The van der Waals surface area contributed by atoms with E-state index in [9.17, 15) is 9.59 Å². The minimum atomic E-state index is -0.887. The topological polar surface area (TPSA) is 66.8 Å². The van der Waals surface area contributed by atoms with E-state index in [0.717, 1.165) is 18.4 Å². The molecule has 0 heterocycles. The Hall–Kier alpha value is -1.88. The second-order valence-corrected chi connectivity index (χ2v) is 5.49. The molecule has 1 aliphatic carbocycles. The Labute approximate surface area is 124 Å². The molecule has 5 heteroatoms. The van der Waals surface area contributed by atoms with E-state index in [2.05, 4.69) is 0 Å². The van der Waals surface area contributed by atoms with Gasteiger partial charge in [-0.25, -0.2) is 0 Å². The Morgan fingerprint density at radius 2 is 1.95 bits per heavy atom. The van der Waals surface area contributed by atoms with Gasteiger partial charge in [-0.15, -0.1) is 0 Å². The zero-order valence-corrected chi connectivity index (χ0v) is 12.4. The minimum absolute atomic E-state index is 0.153. The van der Waals surface area contributed by atoms with Crippen molar-refractivity contribution < 1.29 is 19.4 Å². The highest BCUT2D eigenvalue weighted by Crippen LogP contribution is 2.31. The van der Waals surface area contributed by atoms with E-state index in [0.29, 0.717) is 0 Å². The molecule has 0 aromatic heterocycles. The lowest BCUT2D eigenvalue weighted by Gasteiger charge is -2.28. The average Bonchev–Trinajstić information content (AvgIpc) is 3.30. The number of hydrogen-bond acceptors (Lipinski definition) is 3. The fraction of sp³-hybridized carbons (Fsp3) is 0.500. The first-order chi connectivity index (χ1) is 10.0. The fourth-order valence-electron chi connectivity index (χ4n) is 2.34. The van der Waals surface area contributed by atoms with E-state index in [4.69, 9.17) is 9.84 Å². The highest BCUT2D eigenvalue weighted by Gasteiger charge is 2.37. The van der Waals surface area contributed by atoms with Crippen molar-refractivity contribution in [3.63, 3.8) is 0 Å². The summed E-state index contributed by atoms with van der Waals surface area (Å²) in [6.45, 7) is 1.85. The molecular weight excluding hydrogens is 270 g/mol. The van der Waals surface area contributed by atoms with Crippen LogP contribution < -0.4 is 0 Å². The quantitative estimate of drug-likeness (QED) is 0.835. The van der Waals surface area contributed by atoms with Crippen LogP contribution >= 0.6 is 0 Å². The van der Waals surface area contributed by atoms with Crippen molar-refractivity contribution >= 4 is 11.9 Å². The molecule has 0 radical (unpaired) electrons. The van der Waals surface area contributed by atoms with E-state index >= 15 is 0 Å². The van der Waals surface area contributed by atoms with Gasteiger partial charge in [-0.2, -0.15) is 0 Å². The van der Waals surface area contributed by atoms with Gasteiger partial charge in [0.25, 0.3) is 5.91 Å². The van der Waals surface area contributed by atoms with Crippen LogP contribution in [0.2, 0.25) is 0 Å². The number of aliphatic carboxylic acids is 1. The third-order valence-electron chi connectivity index (χ3n) is 3.73. The van der Waals surface area contributed by atoms with Crippen LogP contribution in [0.15, 0.2) is 30.3 Å². The molecule has 5 nitrogen and oxygen atoms in total. The van der Waals surface area contributed by atoms with Crippen molar-refractivity contribution in [3.05, 3.63) is 35.9 Å². The lowest BCUT2D eigenvalue weighted by molar-refractivity contribution is -0.147. The van der Waals surface area contributed by atoms with Gasteiger partial charge in [0, 0.05) is 19.7 Å². The van der Waals surface area contributed by atoms with E-state index in [1.807, 2.05) is 30.3 Å². The Bertz CT molecular complexity index is 498. The second kappa shape index (κ2) is 6.72. The number of carbonyl (C=O) groups is 2. The molecule has 0 aliphatic heterocycles. The summed E-state index contributed by atoms with van der Waals surface area (Å²) < 4.78 is 5.36. The van der Waals surface area contributed by atoms with Gasteiger partial charge in [0.15, 0.2) is 6.10 Å². The molecule has 0 bridgehead atoms. The van der Waals surface area contributed by atoms with Crippen molar-refractivity contribution in [1.82, 2.24) is 4.90 Å². The molecule has 1 aromatic carbocycles. The lowest BCUT2D eigenvalue weighted by atomic mass is 10.1. The molecule has 1 N–H and O–H groups in total. The summed E-state index contributed by atoms with van der Waals surface area (Å²) in [5.41, 5.74) is 0.790. The van der Waals surface area contributed by atoms with Gasteiger partial charge in [0.1, 0.15) is 0 Å². The van der Waals surface area contributed by atoms with Crippen LogP contribution in [0.25, 0.3) is 0 Å². The number of hydrogen-bond donors (Lipinski definition) is 1. The molecule has 1 saturated carbocycles. The molecule has 21 heavy (non-hydrogen) atoms. The highest BCUT2D eigenvalue weighted by atomic mass is 16.5. The van der Waals surface area contributed by atoms with E-state index in [1.165, 1.54) is 7.11 Å². The molecule has 114 valence electrons. The lowest BCUT2D eigenvalue weighted by Crippen LogP contribution is -2.41. The van der Waals surface area contributed by atoms with Crippen molar-refractivity contribution in [2.24, 2.45) is 5.92 Å². The summed E-state index contributed by atoms with van der Waals surface area (Å²) in [6.07, 6.45) is 1.19. The monoisotopic (exact) mass is 291 g/mol. The van der Waals surface area contributed by atoms with Crippen molar-refractivity contribution in [2.75, 3.05) is 13.7 Å². The smallest absolute Gasteiger partial charge is 0.308 e. The van der Waals surface area contributed by atoms with Crippen LogP contribution in [-0.2, 0) is 14.3 Å². The number of methoxy groups -OCH3 is 1. The average molecular weight is 291 g/mol. The summed E-state index contributed by atoms with van der Waals surface area (Å²) in [4.78, 5) is 25.4. The molecule has 0 saturated heterocycles. The molecule has 2 unspecified atom stereocenters. The Kier molecular flexibility index (Phi) is 4.96. The van der Waals surface area contributed by atoms with Gasteiger partial charge in [-0.3, -0.25) is 9.59 Å². The van der Waals surface area contributed by atoms with Gasteiger partial charge in [-0.05, 0) is 18.4 Å². The highest BCUT2D eigenvalue weighted by molar-refractivity contribution is 5.83. The summed E-state index contributed by atoms with van der Waals surface area (Å²) in [6, 6.07) is 9.44. The molecular formula is C16H21NO4. The molecule has 1 fully saturated rings. The van der Waals surface area contributed by atoms with Gasteiger partial charge < -0.3 is 14.7 Å². The van der Waals surface area contributed by atoms with Gasteiger partial charge in [0.2, 0.25) is 0 Å². The number of carboxylic acid groups (broad SMARTS) is 1. The molecule has 2 atom stereocenters. The number of carboxylic acids is 1. The third kappa shape index (κ3) is 3.82. The van der Waals surface area contributed by atoms with Gasteiger partial charge >= 0.3 is 5.97 Å². The van der Waals surface area contributed by atoms with E-state index < -0.39 is 18.0 Å². The maximum atomic E-state index is 12.7. The third-order valence-corrected chi connectivity index (χ3v) is 3.73. The first-order valence-electron chi connectivity index (χ1n) is 7.15. The van der Waals surface area contributed by atoms with Gasteiger partial charge in [-0.1, -0.05) is 37.3 Å². The summed E-state index contributed by atoms with van der Waals surface area (Å²) in [7, 11) is 1.50. The summed E-state index contributed by atoms with van der Waals surface area (Å²) in [5, 5.41) is 9.06. The predicted octanol–water partition coefficient (Wildman–Crippen LogP) is 2.09. The zero-order valence-electron chi connectivity index (χ0n) is 12.4. The maximum absolute atomic E-state index is 12.7. The molecule has 1 aliphatic rings. The Balaban J connectivity index is 2.15. The summed E-state index contributed by atoms with van der Waals surface area (Å²) >= 11 is 0. The molecule has 2 rings (SSSR count). The largest absolute Gasteiger partial charge is 0.481 e. The number of ether oxygens (including phenoxy) is 1. The predicted molar refractivity (Wildman–Crippen MR) is 77.7 cm³/mol. The number of rotatable bonds is 7. The molecule has 0 spiro atoms. The van der Waals surface area contributed by atoms with Crippen molar-refractivity contribution in [2.45, 2.75) is 31.9 Å². The van der Waals surface area contributed by atoms with Crippen LogP contribution in [-0.4, -0.2) is 41.6 Å². The first kappa shape index (κ1) is 15.5. The number of amides is 1. The Morgan fingerprint density at radius 3 is 2.43 bits per heavy atom. The standard InChI is InChI=1S/C16H21NO4/c1-11(16(19)20)10-17(13-8-9-13)15(18)14(21-2)12-6-4-3-5-7-12/h3-7,11,13-14H,8-10H2,1-2H3,(H,19,20). The van der Waals surface area contributed by atoms with Crippen molar-refractivity contribution in [3.8, 4) is 0 Å². The fourth-order valence-corrected chi connectivity index (χ4v) is 2.34. The van der Waals surface area contributed by atoms with Crippen LogP contribution in [0.1, 0.15) is 31.4 Å². The van der Waals surface area contributed by atoms with Crippen LogP contribution in [0.4, 0.5) is 0 Å². The van der Waals surface area contributed by atoms with Crippen LogP contribution in [0.5, 0.6) is 0 Å². The number of carbonyl (C=O) groups excluding carboxylic acids is 1. The minimum Gasteiger partial charge on any atom is -0.481 e. The molecule has 1 amide bonds. The first-order valence-corrected chi connectivity index (χ1v) is 7.15. The number of benzene rings is 1. The molecule has 1 aromatic rings. The van der Waals surface area contributed by atoms with Crippen molar-refractivity contribution in [1.29, 1.82) is 0 Å². The van der Waals surface area contributed by atoms with Crippen LogP contribution in [0.3, 0.4) is 0 Å². The maximum Gasteiger partial charge on any atom is 0.308 e. The normalized spacial score (nSPS) is 17.0. The van der Waals surface area contributed by atoms with E-state index in [-0.39, 0.29) is 18.5 Å². The summed E-state index contributed by atoms with van der Waals surface area (Å²) in [5.74, 6) is -1.62. The zero-order chi connectivity index (χ0) is 15.4. The Morgan fingerprint density at radius 1 is 1.33 bits per heavy atom. The number of nitrogens with zero attached hydrogens (tertiary/aromatic N) is 1.